The largest absolute Gasteiger partial charge is 0.484 e. The number of carbonyl (C=O) groups excluding carboxylic acids is 2. The second-order valence-corrected chi connectivity index (χ2v) is 7.82. The zero-order chi connectivity index (χ0) is 21.4. The molecule has 0 saturated heterocycles. The first kappa shape index (κ1) is 22.9. The third-order valence-electron chi connectivity index (χ3n) is 4.83. The Hall–Kier alpha value is -2.34. The van der Waals surface area contributed by atoms with Crippen LogP contribution in [0.4, 0.5) is 0 Å². The molecule has 2 rings (SSSR count). The van der Waals surface area contributed by atoms with Gasteiger partial charge in [-0.15, -0.1) is 0 Å². The molecule has 156 valence electrons. The van der Waals surface area contributed by atoms with E-state index in [9.17, 15) is 9.59 Å². The first-order chi connectivity index (χ1) is 13.9. The van der Waals surface area contributed by atoms with Crippen molar-refractivity contribution in [2.45, 2.75) is 46.7 Å². The Kier molecular flexibility index (Phi) is 8.70. The van der Waals surface area contributed by atoms with E-state index in [1.54, 1.807) is 4.90 Å². The van der Waals surface area contributed by atoms with Crippen molar-refractivity contribution >= 4 is 27.7 Å². The van der Waals surface area contributed by atoms with Gasteiger partial charge in [0.15, 0.2) is 6.61 Å². The standard InChI is InChI=1S/C23H29BrN2O3/c1-5-21(23(28)25-6-2)26(14-18-10-8-7-9-16(18)3)22(27)15-29-19-11-12-20(24)17(4)13-19/h7-13,21H,5-6,14-15H2,1-4H3,(H,25,28)/t21-/m1/s1. The number of halogens is 1. The molecule has 0 fully saturated rings. The summed E-state index contributed by atoms with van der Waals surface area (Å²) in [6.45, 7) is 8.52. The zero-order valence-electron chi connectivity index (χ0n) is 17.5. The summed E-state index contributed by atoms with van der Waals surface area (Å²) in [5.41, 5.74) is 3.13. The highest BCUT2D eigenvalue weighted by molar-refractivity contribution is 9.10. The molecule has 2 amide bonds. The normalized spacial score (nSPS) is 11.6. The predicted molar refractivity (Wildman–Crippen MR) is 119 cm³/mol. The van der Waals surface area contributed by atoms with E-state index in [0.29, 0.717) is 25.3 Å². The fraction of sp³-hybridized carbons (Fsp3) is 0.391. The number of carbonyl (C=O) groups is 2. The molecular formula is C23H29BrN2O3. The van der Waals surface area contributed by atoms with Gasteiger partial charge in [-0.2, -0.15) is 0 Å². The second kappa shape index (κ2) is 11.0. The summed E-state index contributed by atoms with van der Waals surface area (Å²) in [6, 6.07) is 12.9. The molecule has 5 nitrogen and oxygen atoms in total. The third kappa shape index (κ3) is 6.32. The zero-order valence-corrected chi connectivity index (χ0v) is 19.1. The van der Waals surface area contributed by atoms with Gasteiger partial charge in [0, 0.05) is 17.6 Å². The van der Waals surface area contributed by atoms with E-state index < -0.39 is 6.04 Å². The Morgan fingerprint density at radius 3 is 2.45 bits per heavy atom. The lowest BCUT2D eigenvalue weighted by atomic mass is 10.1. The smallest absolute Gasteiger partial charge is 0.261 e. The number of benzene rings is 2. The Morgan fingerprint density at radius 2 is 1.83 bits per heavy atom. The summed E-state index contributed by atoms with van der Waals surface area (Å²) in [7, 11) is 0. The summed E-state index contributed by atoms with van der Waals surface area (Å²) in [6.07, 6.45) is 0.529. The van der Waals surface area contributed by atoms with Crippen LogP contribution in [0.1, 0.15) is 37.0 Å². The maximum Gasteiger partial charge on any atom is 0.261 e. The first-order valence-electron chi connectivity index (χ1n) is 9.88. The number of hydrogen-bond acceptors (Lipinski definition) is 3. The van der Waals surface area contributed by atoms with Crippen LogP contribution in [0.15, 0.2) is 46.9 Å². The van der Waals surface area contributed by atoms with Gasteiger partial charge >= 0.3 is 0 Å². The Bertz CT molecular complexity index is 854. The Balaban J connectivity index is 2.22. The van der Waals surface area contributed by atoms with Gasteiger partial charge in [0.1, 0.15) is 11.8 Å². The van der Waals surface area contributed by atoms with Gasteiger partial charge in [0.25, 0.3) is 5.91 Å². The molecule has 0 radical (unpaired) electrons. The van der Waals surface area contributed by atoms with Crippen LogP contribution in [-0.2, 0) is 16.1 Å². The van der Waals surface area contributed by atoms with Gasteiger partial charge in [-0.3, -0.25) is 9.59 Å². The lowest BCUT2D eigenvalue weighted by Crippen LogP contribution is -2.50. The average molecular weight is 461 g/mol. The van der Waals surface area contributed by atoms with Crippen LogP contribution in [-0.4, -0.2) is 35.9 Å². The fourth-order valence-electron chi connectivity index (χ4n) is 3.12. The molecule has 2 aromatic rings. The van der Waals surface area contributed by atoms with Crippen LogP contribution in [0.3, 0.4) is 0 Å². The molecule has 0 bridgehead atoms. The van der Waals surface area contributed by atoms with E-state index >= 15 is 0 Å². The van der Waals surface area contributed by atoms with Crippen LogP contribution in [0.25, 0.3) is 0 Å². The van der Waals surface area contributed by atoms with Crippen molar-refractivity contribution in [2.75, 3.05) is 13.2 Å². The molecule has 0 heterocycles. The lowest BCUT2D eigenvalue weighted by Gasteiger charge is -2.31. The number of ether oxygens (including phenoxy) is 1. The van der Waals surface area contributed by atoms with Crippen LogP contribution < -0.4 is 10.1 Å². The van der Waals surface area contributed by atoms with E-state index in [-0.39, 0.29) is 18.4 Å². The lowest BCUT2D eigenvalue weighted by molar-refractivity contribution is -0.142. The van der Waals surface area contributed by atoms with Gasteiger partial charge in [-0.1, -0.05) is 47.1 Å². The summed E-state index contributed by atoms with van der Waals surface area (Å²) < 4.78 is 6.73. The maximum absolute atomic E-state index is 13.1. The van der Waals surface area contributed by atoms with Crippen LogP contribution in [0, 0.1) is 13.8 Å². The highest BCUT2D eigenvalue weighted by Crippen LogP contribution is 2.22. The van der Waals surface area contributed by atoms with Gasteiger partial charge < -0.3 is 15.0 Å². The van der Waals surface area contributed by atoms with Gasteiger partial charge in [0.05, 0.1) is 0 Å². The third-order valence-corrected chi connectivity index (χ3v) is 5.72. The molecule has 0 aliphatic heterocycles. The van der Waals surface area contributed by atoms with Crippen LogP contribution >= 0.6 is 15.9 Å². The molecule has 0 aliphatic rings. The van der Waals surface area contributed by atoms with Gasteiger partial charge in [0.2, 0.25) is 5.91 Å². The molecule has 0 saturated carbocycles. The van der Waals surface area contributed by atoms with Crippen molar-refractivity contribution in [3.8, 4) is 5.75 Å². The van der Waals surface area contributed by atoms with Gasteiger partial charge in [-0.25, -0.2) is 0 Å². The molecule has 29 heavy (non-hydrogen) atoms. The maximum atomic E-state index is 13.1. The molecule has 2 aromatic carbocycles. The van der Waals surface area contributed by atoms with E-state index in [4.69, 9.17) is 4.74 Å². The highest BCUT2D eigenvalue weighted by Gasteiger charge is 2.28. The van der Waals surface area contributed by atoms with Crippen molar-refractivity contribution in [2.24, 2.45) is 0 Å². The number of nitrogens with zero attached hydrogens (tertiary/aromatic N) is 1. The van der Waals surface area contributed by atoms with Gasteiger partial charge in [-0.05, 0) is 62.1 Å². The number of nitrogens with one attached hydrogen (secondary N) is 1. The molecule has 0 aromatic heterocycles. The Labute approximate surface area is 181 Å². The highest BCUT2D eigenvalue weighted by atomic mass is 79.9. The average Bonchev–Trinajstić information content (AvgIpc) is 2.70. The SMILES string of the molecule is CCNC(=O)[C@@H](CC)N(Cc1ccccc1C)C(=O)COc1ccc(Br)c(C)c1. The fourth-order valence-corrected chi connectivity index (χ4v) is 3.36. The summed E-state index contributed by atoms with van der Waals surface area (Å²) in [4.78, 5) is 27.3. The van der Waals surface area contributed by atoms with E-state index in [0.717, 1.165) is 21.2 Å². The van der Waals surface area contributed by atoms with Crippen molar-refractivity contribution in [3.63, 3.8) is 0 Å². The number of aryl methyl sites for hydroxylation is 2. The minimum Gasteiger partial charge on any atom is -0.484 e. The van der Waals surface area contributed by atoms with Crippen molar-refractivity contribution in [1.29, 1.82) is 0 Å². The molecule has 1 N–H and O–H groups in total. The monoisotopic (exact) mass is 460 g/mol. The quantitative estimate of drug-likeness (QED) is 0.603. The van der Waals surface area contributed by atoms with Crippen molar-refractivity contribution in [3.05, 3.63) is 63.6 Å². The molecule has 0 aliphatic carbocycles. The molecule has 0 unspecified atom stereocenters. The second-order valence-electron chi connectivity index (χ2n) is 6.97. The molecule has 0 spiro atoms. The Morgan fingerprint density at radius 1 is 1.10 bits per heavy atom. The molecule has 1 atom stereocenters. The summed E-state index contributed by atoms with van der Waals surface area (Å²) in [5, 5.41) is 2.84. The van der Waals surface area contributed by atoms with E-state index in [1.165, 1.54) is 0 Å². The number of amides is 2. The first-order valence-corrected chi connectivity index (χ1v) is 10.7. The van der Waals surface area contributed by atoms with Crippen LogP contribution in [0.2, 0.25) is 0 Å². The van der Waals surface area contributed by atoms with Crippen molar-refractivity contribution in [1.82, 2.24) is 10.2 Å². The molecular weight excluding hydrogens is 432 g/mol. The topological polar surface area (TPSA) is 58.6 Å². The van der Waals surface area contributed by atoms with Crippen molar-refractivity contribution < 1.29 is 14.3 Å². The van der Waals surface area contributed by atoms with E-state index in [2.05, 4.69) is 21.2 Å². The predicted octanol–water partition coefficient (Wildman–Crippen LogP) is 4.39. The van der Waals surface area contributed by atoms with E-state index in [1.807, 2.05) is 70.2 Å². The minimum atomic E-state index is -0.544. The number of likely N-dealkylation sites (N-methyl/N-ethyl adjacent to an activating group) is 1. The summed E-state index contributed by atoms with van der Waals surface area (Å²) >= 11 is 3.46. The minimum absolute atomic E-state index is 0.122. The van der Waals surface area contributed by atoms with Crippen LogP contribution in [0.5, 0.6) is 5.75 Å². The number of rotatable bonds is 9. The number of hydrogen-bond donors (Lipinski definition) is 1. The molecule has 6 heteroatoms. The summed E-state index contributed by atoms with van der Waals surface area (Å²) in [5.74, 6) is 0.268.